The van der Waals surface area contributed by atoms with E-state index < -0.39 is 11.2 Å². The molecule has 0 radical (unpaired) electrons. The quantitative estimate of drug-likeness (QED) is 0.794. The summed E-state index contributed by atoms with van der Waals surface area (Å²) in [5.74, 6) is -0.844. The summed E-state index contributed by atoms with van der Waals surface area (Å²) in [6, 6.07) is 1.81. The molecule has 2 rings (SSSR count). The Bertz CT molecular complexity index is 497. The molecule has 2 aromatic heterocycles. The zero-order valence-electron chi connectivity index (χ0n) is 7.99. The van der Waals surface area contributed by atoms with Gasteiger partial charge in [-0.05, 0) is 13.0 Å². The largest absolute Gasteiger partial charge is 0.480 e. The molecule has 1 atom stereocenters. The topological polar surface area (TPSA) is 67.5 Å². The SMILES string of the molecule is CC(Sc1nccn2nccc12)C(=O)O. The van der Waals surface area contributed by atoms with Gasteiger partial charge >= 0.3 is 5.97 Å². The number of thioether (sulfide) groups is 1. The molecular weight excluding hydrogens is 214 g/mol. The molecule has 0 saturated heterocycles. The van der Waals surface area contributed by atoms with Crippen molar-refractivity contribution in [1.29, 1.82) is 0 Å². The molecule has 0 aliphatic heterocycles. The lowest BCUT2D eigenvalue weighted by molar-refractivity contribution is -0.136. The predicted octanol–water partition coefficient (Wildman–Crippen LogP) is 1.29. The van der Waals surface area contributed by atoms with Gasteiger partial charge in [0.2, 0.25) is 0 Å². The highest BCUT2D eigenvalue weighted by atomic mass is 32.2. The van der Waals surface area contributed by atoms with E-state index in [1.165, 1.54) is 11.8 Å². The van der Waals surface area contributed by atoms with Crippen LogP contribution in [0.4, 0.5) is 0 Å². The fourth-order valence-electron chi connectivity index (χ4n) is 1.14. The molecule has 0 aromatic carbocycles. The summed E-state index contributed by atoms with van der Waals surface area (Å²) in [6.45, 7) is 1.63. The first-order valence-corrected chi connectivity index (χ1v) is 5.24. The lowest BCUT2D eigenvalue weighted by atomic mass is 10.5. The third-order valence-corrected chi connectivity index (χ3v) is 3.02. The normalized spacial score (nSPS) is 12.9. The summed E-state index contributed by atoms with van der Waals surface area (Å²) in [5.41, 5.74) is 0.829. The molecule has 15 heavy (non-hydrogen) atoms. The van der Waals surface area contributed by atoms with Crippen LogP contribution in [0.25, 0.3) is 5.52 Å². The molecule has 6 heteroatoms. The van der Waals surface area contributed by atoms with Crippen molar-refractivity contribution in [2.45, 2.75) is 17.2 Å². The first-order chi connectivity index (χ1) is 7.18. The van der Waals surface area contributed by atoms with Gasteiger partial charge in [-0.15, -0.1) is 0 Å². The van der Waals surface area contributed by atoms with Crippen molar-refractivity contribution >= 4 is 23.2 Å². The van der Waals surface area contributed by atoms with Crippen molar-refractivity contribution in [3.05, 3.63) is 24.7 Å². The van der Waals surface area contributed by atoms with Gasteiger partial charge < -0.3 is 5.11 Å². The number of aromatic nitrogens is 3. The van der Waals surface area contributed by atoms with E-state index in [0.717, 1.165) is 5.52 Å². The van der Waals surface area contributed by atoms with Crippen LogP contribution in [0.2, 0.25) is 0 Å². The highest BCUT2D eigenvalue weighted by Gasteiger charge is 2.15. The molecule has 2 heterocycles. The van der Waals surface area contributed by atoms with Gasteiger partial charge in [-0.25, -0.2) is 9.50 Å². The second kappa shape index (κ2) is 3.90. The number of nitrogens with zero attached hydrogens (tertiary/aromatic N) is 3. The van der Waals surface area contributed by atoms with Crippen LogP contribution in [0, 0.1) is 0 Å². The highest BCUT2D eigenvalue weighted by Crippen LogP contribution is 2.24. The minimum atomic E-state index is -0.844. The molecule has 78 valence electrons. The van der Waals surface area contributed by atoms with Gasteiger partial charge in [0.25, 0.3) is 0 Å². The number of fused-ring (bicyclic) bond motifs is 1. The molecule has 0 saturated carbocycles. The van der Waals surface area contributed by atoms with Gasteiger partial charge in [0.05, 0.1) is 11.7 Å². The average molecular weight is 223 g/mol. The van der Waals surface area contributed by atoms with Gasteiger partial charge in [0.1, 0.15) is 10.3 Å². The third kappa shape index (κ3) is 1.94. The van der Waals surface area contributed by atoms with E-state index in [9.17, 15) is 4.79 Å². The Hall–Kier alpha value is -1.56. The number of hydrogen-bond acceptors (Lipinski definition) is 4. The van der Waals surface area contributed by atoms with Crippen LogP contribution >= 0.6 is 11.8 Å². The van der Waals surface area contributed by atoms with E-state index in [4.69, 9.17) is 5.11 Å². The van der Waals surface area contributed by atoms with Crippen LogP contribution in [0.3, 0.4) is 0 Å². The zero-order chi connectivity index (χ0) is 10.8. The van der Waals surface area contributed by atoms with Gasteiger partial charge in [-0.2, -0.15) is 5.10 Å². The van der Waals surface area contributed by atoms with Crippen LogP contribution in [0.15, 0.2) is 29.7 Å². The van der Waals surface area contributed by atoms with Crippen LogP contribution in [0.1, 0.15) is 6.92 Å². The van der Waals surface area contributed by atoms with Crippen LogP contribution in [-0.4, -0.2) is 30.9 Å². The van der Waals surface area contributed by atoms with Crippen molar-refractivity contribution in [3.8, 4) is 0 Å². The summed E-state index contributed by atoms with van der Waals surface area (Å²) < 4.78 is 1.67. The van der Waals surface area contributed by atoms with E-state index in [2.05, 4.69) is 10.1 Å². The first kappa shape index (κ1) is 9.97. The van der Waals surface area contributed by atoms with Crippen molar-refractivity contribution in [2.75, 3.05) is 0 Å². The molecular formula is C9H9N3O2S. The molecule has 0 amide bonds. The second-order valence-corrected chi connectivity index (χ2v) is 4.32. The summed E-state index contributed by atoms with van der Waals surface area (Å²) in [5, 5.41) is 13.0. The van der Waals surface area contributed by atoms with Gasteiger partial charge in [0.15, 0.2) is 0 Å². The number of carbonyl (C=O) groups is 1. The van der Waals surface area contributed by atoms with Crippen molar-refractivity contribution < 1.29 is 9.90 Å². The Morgan fingerprint density at radius 1 is 1.60 bits per heavy atom. The summed E-state index contributed by atoms with van der Waals surface area (Å²) in [4.78, 5) is 14.8. The fraction of sp³-hybridized carbons (Fsp3) is 0.222. The summed E-state index contributed by atoms with van der Waals surface area (Å²) in [6.07, 6.45) is 4.99. The molecule has 0 bridgehead atoms. The van der Waals surface area contributed by atoms with Crippen molar-refractivity contribution in [2.24, 2.45) is 0 Å². The van der Waals surface area contributed by atoms with Gasteiger partial charge in [-0.1, -0.05) is 11.8 Å². The molecule has 5 nitrogen and oxygen atoms in total. The van der Waals surface area contributed by atoms with E-state index in [1.54, 1.807) is 30.0 Å². The Morgan fingerprint density at radius 3 is 3.13 bits per heavy atom. The Balaban J connectivity index is 2.35. The molecule has 0 fully saturated rings. The average Bonchev–Trinajstić information content (AvgIpc) is 2.66. The van der Waals surface area contributed by atoms with Crippen molar-refractivity contribution in [1.82, 2.24) is 14.6 Å². The second-order valence-electron chi connectivity index (χ2n) is 2.99. The molecule has 0 aliphatic rings. The third-order valence-electron chi connectivity index (χ3n) is 1.93. The Labute approximate surface area is 90.1 Å². The molecule has 1 N–H and O–H groups in total. The highest BCUT2D eigenvalue weighted by molar-refractivity contribution is 8.00. The maximum absolute atomic E-state index is 10.7. The molecule has 0 spiro atoms. The number of carboxylic acids is 1. The molecule has 2 aromatic rings. The van der Waals surface area contributed by atoms with Gasteiger partial charge in [-0.3, -0.25) is 4.79 Å². The minimum absolute atomic E-state index is 0.515. The van der Waals surface area contributed by atoms with E-state index in [1.807, 2.05) is 6.07 Å². The van der Waals surface area contributed by atoms with Crippen LogP contribution in [-0.2, 0) is 4.79 Å². The molecule has 1 unspecified atom stereocenters. The fourth-order valence-corrected chi connectivity index (χ4v) is 1.98. The lowest BCUT2D eigenvalue weighted by Crippen LogP contribution is -2.11. The predicted molar refractivity (Wildman–Crippen MR) is 55.9 cm³/mol. The smallest absolute Gasteiger partial charge is 0.316 e. The zero-order valence-corrected chi connectivity index (χ0v) is 8.81. The maximum atomic E-state index is 10.7. The maximum Gasteiger partial charge on any atom is 0.316 e. The number of rotatable bonds is 3. The standard InChI is InChI=1S/C9H9N3O2S/c1-6(9(13)14)15-8-7-2-3-11-12(7)5-4-10-8/h2-6H,1H3,(H,13,14). The minimum Gasteiger partial charge on any atom is -0.480 e. The number of aliphatic carboxylic acids is 1. The number of hydrogen-bond donors (Lipinski definition) is 1. The molecule has 0 aliphatic carbocycles. The Kier molecular flexibility index (Phi) is 2.59. The number of carboxylic acid groups (broad SMARTS) is 1. The Morgan fingerprint density at radius 2 is 2.40 bits per heavy atom. The summed E-state index contributed by atoms with van der Waals surface area (Å²) in [7, 11) is 0. The van der Waals surface area contributed by atoms with E-state index in [-0.39, 0.29) is 0 Å². The monoisotopic (exact) mass is 223 g/mol. The first-order valence-electron chi connectivity index (χ1n) is 4.36. The van der Waals surface area contributed by atoms with Crippen LogP contribution in [0.5, 0.6) is 0 Å². The van der Waals surface area contributed by atoms with Crippen LogP contribution < -0.4 is 0 Å². The lowest BCUT2D eigenvalue weighted by Gasteiger charge is -2.05. The summed E-state index contributed by atoms with van der Waals surface area (Å²) >= 11 is 1.21. The van der Waals surface area contributed by atoms with Gasteiger partial charge in [0, 0.05) is 12.4 Å². The van der Waals surface area contributed by atoms with E-state index >= 15 is 0 Å². The van der Waals surface area contributed by atoms with E-state index in [0.29, 0.717) is 5.03 Å². The van der Waals surface area contributed by atoms with Crippen molar-refractivity contribution in [3.63, 3.8) is 0 Å².